The van der Waals surface area contributed by atoms with Crippen LogP contribution in [0.5, 0.6) is 5.75 Å². The SMILES string of the molecule is O=C(O)CCNC(=O)CNC(=O)COc1ccc([C@@H]2[C@@H](SC[C@H](O)c3ccc(Cl)cc3)C(=O)N2c2ccc(Cl)cc2)cc1. The zero-order valence-electron chi connectivity index (χ0n) is 22.7. The maximum Gasteiger partial charge on any atom is 0.305 e. The van der Waals surface area contributed by atoms with Gasteiger partial charge in [-0.25, -0.2) is 0 Å². The third-order valence-corrected chi connectivity index (χ3v) is 8.37. The minimum atomic E-state index is -1.03. The van der Waals surface area contributed by atoms with E-state index in [0.29, 0.717) is 32.8 Å². The van der Waals surface area contributed by atoms with E-state index in [0.717, 1.165) is 5.56 Å². The summed E-state index contributed by atoms with van der Waals surface area (Å²) >= 11 is 13.4. The van der Waals surface area contributed by atoms with Gasteiger partial charge in [0.1, 0.15) is 11.0 Å². The number of carbonyl (C=O) groups is 4. The van der Waals surface area contributed by atoms with Crippen LogP contribution in [0.15, 0.2) is 72.8 Å². The predicted octanol–water partition coefficient (Wildman–Crippen LogP) is 4.00. The highest BCUT2D eigenvalue weighted by molar-refractivity contribution is 8.00. The summed E-state index contributed by atoms with van der Waals surface area (Å²) in [6, 6.07) is 20.6. The van der Waals surface area contributed by atoms with Crippen LogP contribution in [0.1, 0.15) is 29.7 Å². The van der Waals surface area contributed by atoms with Crippen molar-refractivity contribution >= 4 is 64.3 Å². The minimum absolute atomic E-state index is 0.0305. The van der Waals surface area contributed by atoms with Crippen molar-refractivity contribution in [2.24, 2.45) is 0 Å². The highest BCUT2D eigenvalue weighted by Gasteiger charge is 2.49. The van der Waals surface area contributed by atoms with E-state index in [1.165, 1.54) is 11.8 Å². The number of anilines is 1. The first-order chi connectivity index (χ1) is 20.6. The van der Waals surface area contributed by atoms with Gasteiger partial charge in [-0.15, -0.1) is 11.8 Å². The van der Waals surface area contributed by atoms with Crippen LogP contribution >= 0.6 is 35.0 Å². The van der Waals surface area contributed by atoms with E-state index < -0.39 is 29.1 Å². The molecule has 3 aromatic rings. The first-order valence-electron chi connectivity index (χ1n) is 13.2. The Morgan fingerprint density at radius 1 is 0.907 bits per heavy atom. The molecule has 226 valence electrons. The van der Waals surface area contributed by atoms with Crippen LogP contribution in [0.4, 0.5) is 5.69 Å². The zero-order valence-corrected chi connectivity index (χ0v) is 25.1. The molecule has 3 amide bonds. The number of thioether (sulfide) groups is 1. The van der Waals surface area contributed by atoms with Gasteiger partial charge in [0.2, 0.25) is 11.8 Å². The lowest BCUT2D eigenvalue weighted by Gasteiger charge is -2.47. The van der Waals surface area contributed by atoms with Crippen LogP contribution in [0.3, 0.4) is 0 Å². The number of halogens is 2. The van der Waals surface area contributed by atoms with Gasteiger partial charge in [-0.3, -0.25) is 19.2 Å². The predicted molar refractivity (Wildman–Crippen MR) is 165 cm³/mol. The van der Waals surface area contributed by atoms with Crippen molar-refractivity contribution in [2.45, 2.75) is 23.8 Å². The number of hydrogen-bond acceptors (Lipinski definition) is 7. The summed E-state index contributed by atoms with van der Waals surface area (Å²) < 4.78 is 5.54. The van der Waals surface area contributed by atoms with Gasteiger partial charge < -0.3 is 30.5 Å². The molecular formula is C30H29Cl2N3O7S. The van der Waals surface area contributed by atoms with Crippen molar-refractivity contribution in [3.05, 3.63) is 94.0 Å². The summed E-state index contributed by atoms with van der Waals surface area (Å²) in [5.74, 6) is -1.44. The Bertz CT molecular complexity index is 1440. The molecule has 0 aromatic heterocycles. The highest BCUT2D eigenvalue weighted by Crippen LogP contribution is 2.46. The summed E-state index contributed by atoms with van der Waals surface area (Å²) in [4.78, 5) is 49.3. The fraction of sp³-hybridized carbons (Fsp3) is 0.267. The standard InChI is InChI=1S/C30H29Cl2N3O7S/c31-20-5-1-18(2-6-20)24(36)17-43-29-28(35(30(29)41)22-9-7-21(32)8-10-22)19-3-11-23(12-4-19)42-16-26(38)34-15-25(37)33-14-13-27(39)40/h1-12,24,28-29,36H,13-17H2,(H,33,37)(H,34,38)(H,39,40)/t24-,28+,29+/m0/s1. The van der Waals surface area contributed by atoms with Gasteiger partial charge in [0.25, 0.3) is 5.91 Å². The summed E-state index contributed by atoms with van der Waals surface area (Å²) in [6.45, 7) is -0.665. The second-order valence-corrected chi connectivity index (χ2v) is 11.6. The van der Waals surface area contributed by atoms with Gasteiger partial charge >= 0.3 is 5.97 Å². The van der Waals surface area contributed by atoms with Gasteiger partial charge in [-0.2, -0.15) is 0 Å². The Hall–Kier alpha value is -3.77. The number of ether oxygens (including phenoxy) is 1. The molecule has 0 bridgehead atoms. The molecule has 10 nitrogen and oxygen atoms in total. The Morgan fingerprint density at radius 2 is 1.53 bits per heavy atom. The fourth-order valence-electron chi connectivity index (χ4n) is 4.33. The second kappa shape index (κ2) is 15.1. The van der Waals surface area contributed by atoms with Crippen LogP contribution in [0.25, 0.3) is 0 Å². The summed E-state index contributed by atoms with van der Waals surface area (Å²) in [5.41, 5.74) is 2.24. The van der Waals surface area contributed by atoms with Gasteiger partial charge in [-0.1, -0.05) is 47.5 Å². The number of aliphatic carboxylic acids is 1. The van der Waals surface area contributed by atoms with Crippen molar-refractivity contribution in [1.82, 2.24) is 10.6 Å². The smallest absolute Gasteiger partial charge is 0.305 e. The Morgan fingerprint density at radius 3 is 2.16 bits per heavy atom. The van der Waals surface area contributed by atoms with Gasteiger partial charge in [0.15, 0.2) is 6.61 Å². The average molecular weight is 647 g/mol. The molecule has 1 aliphatic heterocycles. The minimum Gasteiger partial charge on any atom is -0.484 e. The van der Waals surface area contributed by atoms with Crippen molar-refractivity contribution < 1.29 is 34.1 Å². The van der Waals surface area contributed by atoms with E-state index in [1.807, 2.05) is 12.1 Å². The lowest BCUT2D eigenvalue weighted by molar-refractivity contribution is -0.137. The van der Waals surface area contributed by atoms with Crippen molar-refractivity contribution in [2.75, 3.05) is 30.3 Å². The largest absolute Gasteiger partial charge is 0.484 e. The monoisotopic (exact) mass is 645 g/mol. The normalized spacial score (nSPS) is 16.6. The third-order valence-electron chi connectivity index (χ3n) is 6.54. The molecule has 1 aliphatic rings. The number of carbonyl (C=O) groups excluding carboxylic acids is 3. The number of aliphatic hydroxyl groups excluding tert-OH is 1. The molecule has 43 heavy (non-hydrogen) atoms. The maximum atomic E-state index is 13.3. The number of carboxylic acids is 1. The van der Waals surface area contributed by atoms with Crippen molar-refractivity contribution in [3.63, 3.8) is 0 Å². The quantitative estimate of drug-likeness (QED) is 0.193. The number of nitrogens with zero attached hydrogens (tertiary/aromatic N) is 1. The van der Waals surface area contributed by atoms with E-state index >= 15 is 0 Å². The number of benzene rings is 3. The second-order valence-electron chi connectivity index (χ2n) is 9.58. The Balaban J connectivity index is 1.37. The molecule has 0 radical (unpaired) electrons. The van der Waals surface area contributed by atoms with Crippen LogP contribution in [0, 0.1) is 0 Å². The lowest BCUT2D eigenvalue weighted by atomic mass is 9.92. The van der Waals surface area contributed by atoms with E-state index in [1.54, 1.807) is 65.6 Å². The number of nitrogens with one attached hydrogen (secondary N) is 2. The van der Waals surface area contributed by atoms with Crippen LogP contribution < -0.4 is 20.3 Å². The zero-order chi connectivity index (χ0) is 30.9. The molecule has 0 aliphatic carbocycles. The number of amides is 3. The van der Waals surface area contributed by atoms with Gasteiger partial charge in [0.05, 0.1) is 25.1 Å². The molecule has 0 spiro atoms. The first-order valence-corrected chi connectivity index (χ1v) is 15.0. The molecule has 1 fully saturated rings. The summed E-state index contributed by atoms with van der Waals surface area (Å²) in [7, 11) is 0. The molecule has 1 heterocycles. The van der Waals surface area contributed by atoms with Crippen LogP contribution in [-0.4, -0.2) is 64.6 Å². The van der Waals surface area contributed by atoms with Crippen molar-refractivity contribution in [3.8, 4) is 5.75 Å². The van der Waals surface area contributed by atoms with E-state index in [-0.39, 0.29) is 38.1 Å². The highest BCUT2D eigenvalue weighted by atomic mass is 35.5. The van der Waals surface area contributed by atoms with E-state index in [2.05, 4.69) is 10.6 Å². The molecule has 1 saturated heterocycles. The lowest BCUT2D eigenvalue weighted by Crippen LogP contribution is -2.57. The number of aliphatic hydroxyl groups is 1. The number of carboxylic acid groups (broad SMARTS) is 1. The summed E-state index contributed by atoms with van der Waals surface area (Å²) in [5, 5.41) is 24.8. The van der Waals surface area contributed by atoms with Crippen molar-refractivity contribution in [1.29, 1.82) is 0 Å². The topological polar surface area (TPSA) is 145 Å². The molecule has 0 unspecified atom stereocenters. The molecular weight excluding hydrogens is 617 g/mol. The Labute approximate surface area is 262 Å². The Kier molecular flexibility index (Phi) is 11.3. The fourth-order valence-corrected chi connectivity index (χ4v) is 5.88. The molecule has 4 rings (SSSR count). The van der Waals surface area contributed by atoms with Gasteiger partial charge in [0, 0.05) is 28.0 Å². The van der Waals surface area contributed by atoms with Crippen LogP contribution in [-0.2, 0) is 19.2 Å². The summed E-state index contributed by atoms with van der Waals surface area (Å²) in [6.07, 6.45) is -0.992. The number of rotatable bonds is 14. The van der Waals surface area contributed by atoms with E-state index in [4.69, 9.17) is 33.0 Å². The number of hydrogen-bond donors (Lipinski definition) is 4. The molecule has 3 aromatic carbocycles. The molecule has 4 N–H and O–H groups in total. The van der Waals surface area contributed by atoms with Crippen LogP contribution in [0.2, 0.25) is 10.0 Å². The van der Waals surface area contributed by atoms with Gasteiger partial charge in [-0.05, 0) is 59.7 Å². The molecule has 0 saturated carbocycles. The first kappa shape index (κ1) is 32.2. The van der Waals surface area contributed by atoms with E-state index in [9.17, 15) is 24.3 Å². The average Bonchev–Trinajstić information content (AvgIpc) is 2.99. The maximum absolute atomic E-state index is 13.3. The molecule has 13 heteroatoms. The third kappa shape index (κ3) is 8.87. The molecule has 3 atom stereocenters. The number of β-lactam (4-membered cyclic amide) rings is 1.